The summed E-state index contributed by atoms with van der Waals surface area (Å²) < 4.78 is 14.5. The van der Waals surface area contributed by atoms with Gasteiger partial charge in [-0.05, 0) is 31.3 Å². The maximum absolute atomic E-state index is 11.8. The Bertz CT molecular complexity index is 409. The molecule has 0 aromatic carbocycles. The smallest absolute Gasteiger partial charge is 0.320 e. The molecule has 0 aliphatic heterocycles. The van der Waals surface area contributed by atoms with Gasteiger partial charge in [0.2, 0.25) is 0 Å². The maximum Gasteiger partial charge on any atom is 0.320 e. The average molecular weight is 284 g/mol. The number of carbonyl (C=O) groups excluding carboxylic acids is 3. The Kier molecular flexibility index (Phi) is 5.73. The Balaban J connectivity index is 2.91. The zero-order valence-corrected chi connectivity index (χ0v) is 12.2. The van der Waals surface area contributed by atoms with Crippen LogP contribution in [-0.4, -0.2) is 38.2 Å². The van der Waals surface area contributed by atoms with Crippen LogP contribution in [0.25, 0.3) is 0 Å². The van der Waals surface area contributed by atoms with Gasteiger partial charge in [0, 0.05) is 6.92 Å². The molecule has 0 saturated carbocycles. The van der Waals surface area contributed by atoms with Gasteiger partial charge in [0.1, 0.15) is 6.10 Å². The van der Waals surface area contributed by atoms with E-state index in [1.807, 2.05) is 13.0 Å². The first-order valence-electron chi connectivity index (χ1n) is 6.40. The molecule has 0 radical (unpaired) electrons. The summed E-state index contributed by atoms with van der Waals surface area (Å²) in [5.41, 5.74) is 0.921. The summed E-state index contributed by atoms with van der Waals surface area (Å²) in [4.78, 5) is 34.6. The molecule has 1 rings (SSSR count). The standard InChI is InChI=1S/C14H20O6/c1-8-5-6-10(7-11(8)20-9(2)15)12(13(16)18-3)14(17)19-4/h5,10-12H,6-7H2,1-4H3/t10-,11-/m1/s1. The molecular weight excluding hydrogens is 264 g/mol. The highest BCUT2D eigenvalue weighted by Crippen LogP contribution is 2.32. The molecule has 0 aromatic heterocycles. The fourth-order valence-corrected chi connectivity index (χ4v) is 2.37. The van der Waals surface area contributed by atoms with Crippen molar-refractivity contribution in [2.45, 2.75) is 32.8 Å². The molecule has 6 nitrogen and oxygen atoms in total. The number of allylic oxidation sites excluding steroid dienone is 1. The van der Waals surface area contributed by atoms with E-state index in [1.54, 1.807) is 0 Å². The van der Waals surface area contributed by atoms with Crippen LogP contribution in [0.15, 0.2) is 11.6 Å². The van der Waals surface area contributed by atoms with Crippen LogP contribution in [0.1, 0.15) is 26.7 Å². The van der Waals surface area contributed by atoms with Gasteiger partial charge in [-0.2, -0.15) is 0 Å². The number of carbonyl (C=O) groups is 3. The highest BCUT2D eigenvalue weighted by Gasteiger charge is 2.39. The van der Waals surface area contributed by atoms with Crippen molar-refractivity contribution >= 4 is 17.9 Å². The van der Waals surface area contributed by atoms with Crippen molar-refractivity contribution in [1.82, 2.24) is 0 Å². The van der Waals surface area contributed by atoms with E-state index in [2.05, 4.69) is 9.47 Å². The van der Waals surface area contributed by atoms with Gasteiger partial charge < -0.3 is 14.2 Å². The van der Waals surface area contributed by atoms with Crippen LogP contribution in [0, 0.1) is 11.8 Å². The summed E-state index contributed by atoms with van der Waals surface area (Å²) in [5.74, 6) is -2.95. The number of hydrogen-bond acceptors (Lipinski definition) is 6. The van der Waals surface area contributed by atoms with Crippen molar-refractivity contribution in [2.75, 3.05) is 14.2 Å². The summed E-state index contributed by atoms with van der Waals surface area (Å²) >= 11 is 0. The second-order valence-corrected chi connectivity index (χ2v) is 4.80. The SMILES string of the molecule is COC(=O)C(C(=O)OC)[C@@H]1CC=C(C)[C@H](OC(C)=O)C1. The van der Waals surface area contributed by atoms with Gasteiger partial charge in [-0.1, -0.05) is 6.08 Å². The van der Waals surface area contributed by atoms with Crippen molar-refractivity contribution in [3.8, 4) is 0 Å². The molecule has 1 aliphatic carbocycles. The number of esters is 3. The highest BCUT2D eigenvalue weighted by molar-refractivity contribution is 5.95. The molecule has 0 bridgehead atoms. The first kappa shape index (κ1) is 16.2. The third kappa shape index (κ3) is 3.82. The number of hydrogen-bond donors (Lipinski definition) is 0. The fraction of sp³-hybridized carbons (Fsp3) is 0.643. The third-order valence-electron chi connectivity index (χ3n) is 3.46. The summed E-state index contributed by atoms with van der Waals surface area (Å²) in [6.45, 7) is 3.18. The van der Waals surface area contributed by atoms with Crippen molar-refractivity contribution in [3.05, 3.63) is 11.6 Å². The van der Waals surface area contributed by atoms with E-state index in [0.717, 1.165) is 5.57 Å². The number of methoxy groups -OCH3 is 2. The summed E-state index contributed by atoms with van der Waals surface area (Å²) in [5, 5.41) is 0. The Labute approximate surface area is 118 Å². The second kappa shape index (κ2) is 7.07. The lowest BCUT2D eigenvalue weighted by Crippen LogP contribution is -2.37. The van der Waals surface area contributed by atoms with Crippen LogP contribution >= 0.6 is 0 Å². The molecule has 112 valence electrons. The Morgan fingerprint density at radius 3 is 2.20 bits per heavy atom. The van der Waals surface area contributed by atoms with Crippen LogP contribution in [0.3, 0.4) is 0 Å². The molecule has 2 atom stereocenters. The average Bonchev–Trinajstić information content (AvgIpc) is 2.41. The molecule has 0 heterocycles. The zero-order valence-electron chi connectivity index (χ0n) is 12.2. The topological polar surface area (TPSA) is 78.9 Å². The van der Waals surface area contributed by atoms with E-state index in [1.165, 1.54) is 21.1 Å². The monoisotopic (exact) mass is 284 g/mol. The quantitative estimate of drug-likeness (QED) is 0.334. The van der Waals surface area contributed by atoms with E-state index in [9.17, 15) is 14.4 Å². The predicted octanol–water partition coefficient (Wildman–Crippen LogP) is 1.24. The van der Waals surface area contributed by atoms with Gasteiger partial charge in [0.05, 0.1) is 14.2 Å². The Morgan fingerprint density at radius 1 is 1.20 bits per heavy atom. The lowest BCUT2D eigenvalue weighted by molar-refractivity contribution is -0.162. The first-order valence-corrected chi connectivity index (χ1v) is 6.40. The van der Waals surface area contributed by atoms with Crippen molar-refractivity contribution < 1.29 is 28.6 Å². The van der Waals surface area contributed by atoms with Crippen LogP contribution in [0.5, 0.6) is 0 Å². The largest absolute Gasteiger partial charge is 0.468 e. The minimum atomic E-state index is -0.993. The van der Waals surface area contributed by atoms with Gasteiger partial charge in [0.15, 0.2) is 5.92 Å². The molecule has 0 fully saturated rings. The number of rotatable bonds is 4. The molecule has 0 spiro atoms. The number of ether oxygens (including phenoxy) is 3. The Morgan fingerprint density at radius 2 is 1.75 bits per heavy atom. The minimum Gasteiger partial charge on any atom is -0.468 e. The van der Waals surface area contributed by atoms with Crippen LogP contribution in [-0.2, 0) is 28.6 Å². The molecular formula is C14H20O6. The highest BCUT2D eigenvalue weighted by atomic mass is 16.5. The van der Waals surface area contributed by atoms with Crippen molar-refractivity contribution in [1.29, 1.82) is 0 Å². The van der Waals surface area contributed by atoms with Gasteiger partial charge in [-0.3, -0.25) is 14.4 Å². The molecule has 1 aliphatic rings. The van der Waals surface area contributed by atoms with Gasteiger partial charge in [-0.25, -0.2) is 0 Å². The molecule has 6 heteroatoms. The molecule has 0 saturated heterocycles. The maximum atomic E-state index is 11.8. The van der Waals surface area contributed by atoms with Crippen molar-refractivity contribution in [3.63, 3.8) is 0 Å². The van der Waals surface area contributed by atoms with E-state index in [4.69, 9.17) is 4.74 Å². The van der Waals surface area contributed by atoms with Gasteiger partial charge >= 0.3 is 17.9 Å². The molecule has 20 heavy (non-hydrogen) atoms. The molecule has 0 aromatic rings. The van der Waals surface area contributed by atoms with Crippen LogP contribution in [0.4, 0.5) is 0 Å². The fourth-order valence-electron chi connectivity index (χ4n) is 2.37. The summed E-state index contributed by atoms with van der Waals surface area (Å²) in [6, 6.07) is 0. The summed E-state index contributed by atoms with van der Waals surface area (Å²) in [6.07, 6.45) is 2.40. The molecule has 0 amide bonds. The van der Waals surface area contributed by atoms with Gasteiger partial charge in [0.25, 0.3) is 0 Å². The van der Waals surface area contributed by atoms with Crippen LogP contribution < -0.4 is 0 Å². The zero-order chi connectivity index (χ0) is 15.3. The minimum absolute atomic E-state index is 0.303. The molecule has 0 N–H and O–H groups in total. The first-order chi connectivity index (χ1) is 9.40. The lowest BCUT2D eigenvalue weighted by atomic mass is 9.79. The van der Waals surface area contributed by atoms with E-state index in [0.29, 0.717) is 12.8 Å². The van der Waals surface area contributed by atoms with E-state index >= 15 is 0 Å². The second-order valence-electron chi connectivity index (χ2n) is 4.80. The molecule has 0 unspecified atom stereocenters. The lowest BCUT2D eigenvalue weighted by Gasteiger charge is -2.30. The van der Waals surface area contributed by atoms with Gasteiger partial charge in [-0.15, -0.1) is 0 Å². The summed E-state index contributed by atoms with van der Waals surface area (Å²) in [7, 11) is 2.46. The predicted molar refractivity (Wildman–Crippen MR) is 69.6 cm³/mol. The Hall–Kier alpha value is -1.85. The van der Waals surface area contributed by atoms with E-state index < -0.39 is 29.9 Å². The van der Waals surface area contributed by atoms with Crippen molar-refractivity contribution in [2.24, 2.45) is 11.8 Å². The van der Waals surface area contributed by atoms with Crippen LogP contribution in [0.2, 0.25) is 0 Å². The van der Waals surface area contributed by atoms with E-state index in [-0.39, 0.29) is 5.92 Å². The third-order valence-corrected chi connectivity index (χ3v) is 3.46. The normalized spacial score (nSPS) is 21.9.